The van der Waals surface area contributed by atoms with E-state index in [1.165, 1.54) is 24.2 Å². The molecule has 0 bridgehead atoms. The highest BCUT2D eigenvalue weighted by Crippen LogP contribution is 2.27. The first-order valence-corrected chi connectivity index (χ1v) is 9.65. The average molecular weight is 345 g/mol. The van der Waals surface area contributed by atoms with Gasteiger partial charge in [-0.15, -0.1) is 0 Å². The van der Waals surface area contributed by atoms with Crippen LogP contribution in [0.5, 0.6) is 0 Å². The van der Waals surface area contributed by atoms with Crippen LogP contribution in [-0.4, -0.2) is 52.4 Å². The van der Waals surface area contributed by atoms with Gasteiger partial charge in [-0.2, -0.15) is 0 Å². The first-order valence-electron chi connectivity index (χ1n) is 9.65. The summed E-state index contributed by atoms with van der Waals surface area (Å²) in [6, 6.07) is 2.11. The Balaban J connectivity index is 1.57. The zero-order valence-electron chi connectivity index (χ0n) is 15.9. The number of aryl methyl sites for hydroxylation is 1. The van der Waals surface area contributed by atoms with Crippen molar-refractivity contribution in [3.05, 3.63) is 23.0 Å². The fraction of sp³-hybridized carbons (Fsp3) is 0.700. The van der Waals surface area contributed by atoms with Gasteiger partial charge in [-0.1, -0.05) is 12.8 Å². The predicted molar refractivity (Wildman–Crippen MR) is 98.3 cm³/mol. The van der Waals surface area contributed by atoms with Crippen LogP contribution in [0.25, 0.3) is 0 Å². The van der Waals surface area contributed by atoms with Crippen molar-refractivity contribution < 1.29 is 9.59 Å². The molecule has 0 N–H and O–H groups in total. The minimum absolute atomic E-state index is 0.184. The van der Waals surface area contributed by atoms with Crippen molar-refractivity contribution in [2.75, 3.05) is 26.2 Å². The second-order valence-electron chi connectivity index (χ2n) is 7.67. The third-order valence-corrected chi connectivity index (χ3v) is 6.09. The predicted octanol–water partition coefficient (Wildman–Crippen LogP) is 2.44. The zero-order chi connectivity index (χ0) is 18.0. The number of nitrogens with zero attached hydrogens (tertiary/aromatic N) is 3. The Hall–Kier alpha value is -1.78. The van der Waals surface area contributed by atoms with Gasteiger partial charge in [0.05, 0.1) is 6.42 Å². The van der Waals surface area contributed by atoms with Gasteiger partial charge in [-0.3, -0.25) is 9.59 Å². The fourth-order valence-corrected chi connectivity index (χ4v) is 4.21. The lowest BCUT2D eigenvalue weighted by Gasteiger charge is -2.24. The molecule has 1 aromatic rings. The summed E-state index contributed by atoms with van der Waals surface area (Å²) in [5, 5.41) is 0. The maximum Gasteiger partial charge on any atom is 0.227 e. The molecule has 2 aliphatic rings. The molecular formula is C20H31N3O2. The molecule has 1 aliphatic carbocycles. The van der Waals surface area contributed by atoms with E-state index in [4.69, 9.17) is 0 Å². The van der Waals surface area contributed by atoms with Crippen molar-refractivity contribution in [1.82, 2.24) is 14.4 Å². The molecule has 1 saturated heterocycles. The number of rotatable bonds is 3. The van der Waals surface area contributed by atoms with Crippen molar-refractivity contribution in [1.29, 1.82) is 0 Å². The molecule has 25 heavy (non-hydrogen) atoms. The van der Waals surface area contributed by atoms with Gasteiger partial charge in [0.25, 0.3) is 0 Å². The number of carbonyl (C=O) groups is 2. The topological polar surface area (TPSA) is 45.6 Å². The molecule has 1 saturated carbocycles. The number of hydrogen-bond acceptors (Lipinski definition) is 2. The van der Waals surface area contributed by atoms with Crippen LogP contribution in [0, 0.1) is 19.8 Å². The summed E-state index contributed by atoms with van der Waals surface area (Å²) in [6.07, 6.45) is 5.81. The first kappa shape index (κ1) is 18.0. The molecule has 2 heterocycles. The third-order valence-electron chi connectivity index (χ3n) is 6.09. The minimum Gasteiger partial charge on any atom is -0.352 e. The molecule has 2 fully saturated rings. The fourth-order valence-electron chi connectivity index (χ4n) is 4.21. The highest BCUT2D eigenvalue weighted by Gasteiger charge is 2.29. The van der Waals surface area contributed by atoms with Crippen molar-refractivity contribution >= 4 is 11.8 Å². The van der Waals surface area contributed by atoms with Crippen LogP contribution < -0.4 is 0 Å². The monoisotopic (exact) mass is 345 g/mol. The smallest absolute Gasteiger partial charge is 0.227 e. The van der Waals surface area contributed by atoms with Crippen LogP contribution >= 0.6 is 0 Å². The van der Waals surface area contributed by atoms with E-state index in [1.807, 2.05) is 16.8 Å². The SMILES string of the molecule is Cc1cc(CC(=O)N2CCCN(C(=O)C3CCCC3)CC2)c(C)n1C. The normalized spacial score (nSPS) is 19.3. The highest BCUT2D eigenvalue weighted by atomic mass is 16.2. The Labute approximate surface area is 151 Å². The Bertz CT molecular complexity index is 644. The van der Waals surface area contributed by atoms with Crippen molar-refractivity contribution in [2.45, 2.75) is 52.4 Å². The summed E-state index contributed by atoms with van der Waals surface area (Å²) >= 11 is 0. The molecule has 0 unspecified atom stereocenters. The quantitative estimate of drug-likeness (QED) is 0.845. The lowest BCUT2D eigenvalue weighted by atomic mass is 10.1. The minimum atomic E-state index is 0.184. The maximum absolute atomic E-state index is 12.7. The van der Waals surface area contributed by atoms with Gasteiger partial charge < -0.3 is 14.4 Å². The van der Waals surface area contributed by atoms with Gasteiger partial charge in [-0.25, -0.2) is 0 Å². The summed E-state index contributed by atoms with van der Waals surface area (Å²) in [6.45, 7) is 7.05. The molecule has 0 atom stereocenters. The summed E-state index contributed by atoms with van der Waals surface area (Å²) < 4.78 is 2.13. The van der Waals surface area contributed by atoms with E-state index in [0.717, 1.165) is 37.9 Å². The molecular weight excluding hydrogens is 314 g/mol. The second kappa shape index (κ2) is 7.63. The van der Waals surface area contributed by atoms with Crippen LogP contribution in [0.4, 0.5) is 0 Å². The van der Waals surface area contributed by atoms with Gasteiger partial charge in [0.15, 0.2) is 0 Å². The van der Waals surface area contributed by atoms with Crippen LogP contribution in [0.1, 0.15) is 49.1 Å². The van der Waals surface area contributed by atoms with Gasteiger partial charge in [0, 0.05) is 50.5 Å². The number of amides is 2. The second-order valence-corrected chi connectivity index (χ2v) is 7.67. The highest BCUT2D eigenvalue weighted by molar-refractivity contribution is 5.80. The molecule has 1 aliphatic heterocycles. The van der Waals surface area contributed by atoms with Crippen molar-refractivity contribution in [3.63, 3.8) is 0 Å². The molecule has 5 heteroatoms. The van der Waals surface area contributed by atoms with Gasteiger partial charge in [0.2, 0.25) is 11.8 Å². The average Bonchev–Trinajstić information content (AvgIpc) is 3.12. The summed E-state index contributed by atoms with van der Waals surface area (Å²) in [5.74, 6) is 0.738. The summed E-state index contributed by atoms with van der Waals surface area (Å²) in [7, 11) is 2.04. The maximum atomic E-state index is 12.7. The van der Waals surface area contributed by atoms with Gasteiger partial charge >= 0.3 is 0 Å². The molecule has 0 aromatic carbocycles. The van der Waals surface area contributed by atoms with E-state index in [9.17, 15) is 9.59 Å². The zero-order valence-corrected chi connectivity index (χ0v) is 15.9. The number of aromatic nitrogens is 1. The summed E-state index contributed by atoms with van der Waals surface area (Å²) in [5.41, 5.74) is 3.47. The molecule has 138 valence electrons. The number of hydrogen-bond donors (Lipinski definition) is 0. The lowest BCUT2D eigenvalue weighted by molar-refractivity contribution is -0.136. The van der Waals surface area contributed by atoms with E-state index in [1.54, 1.807) is 0 Å². The van der Waals surface area contributed by atoms with E-state index in [2.05, 4.69) is 24.5 Å². The van der Waals surface area contributed by atoms with Crippen molar-refractivity contribution in [3.8, 4) is 0 Å². The Kier molecular flexibility index (Phi) is 5.50. The Morgan fingerprint density at radius 3 is 2.28 bits per heavy atom. The standard InChI is InChI=1S/C20H31N3O2/c1-15-13-18(16(2)21(15)3)14-19(24)22-9-6-10-23(12-11-22)20(25)17-7-4-5-8-17/h13,17H,4-12,14H2,1-3H3. The molecule has 1 aromatic heterocycles. The van der Waals surface area contributed by atoms with E-state index in [-0.39, 0.29) is 11.8 Å². The van der Waals surface area contributed by atoms with Crippen LogP contribution in [0.3, 0.4) is 0 Å². The van der Waals surface area contributed by atoms with E-state index < -0.39 is 0 Å². The first-order chi connectivity index (χ1) is 12.0. The largest absolute Gasteiger partial charge is 0.352 e. The molecule has 5 nitrogen and oxygen atoms in total. The van der Waals surface area contributed by atoms with Gasteiger partial charge in [0.1, 0.15) is 0 Å². The van der Waals surface area contributed by atoms with Gasteiger partial charge in [-0.05, 0) is 44.7 Å². The molecule has 3 rings (SSSR count). The molecule has 0 spiro atoms. The van der Waals surface area contributed by atoms with Crippen LogP contribution in [0.2, 0.25) is 0 Å². The Morgan fingerprint density at radius 1 is 1.00 bits per heavy atom. The molecule has 0 radical (unpaired) electrons. The summed E-state index contributed by atoms with van der Waals surface area (Å²) in [4.78, 5) is 29.3. The van der Waals surface area contributed by atoms with E-state index in [0.29, 0.717) is 25.4 Å². The number of carbonyl (C=O) groups excluding carboxylic acids is 2. The van der Waals surface area contributed by atoms with Crippen molar-refractivity contribution in [2.24, 2.45) is 13.0 Å². The van der Waals surface area contributed by atoms with Crippen LogP contribution in [-0.2, 0) is 23.1 Å². The third kappa shape index (κ3) is 3.91. The van der Waals surface area contributed by atoms with Crippen LogP contribution in [0.15, 0.2) is 6.07 Å². The Morgan fingerprint density at radius 2 is 1.64 bits per heavy atom. The lowest BCUT2D eigenvalue weighted by Crippen LogP contribution is -2.39. The molecule has 2 amide bonds. The van der Waals surface area contributed by atoms with E-state index >= 15 is 0 Å².